The van der Waals surface area contributed by atoms with E-state index >= 15 is 0 Å². The number of nitrogens with zero attached hydrogens (tertiary/aromatic N) is 2. The first-order chi connectivity index (χ1) is 8.71. The predicted octanol–water partition coefficient (Wildman–Crippen LogP) is 3.02. The van der Waals surface area contributed by atoms with Crippen molar-refractivity contribution in [2.75, 3.05) is 0 Å². The largest absolute Gasteiger partial charge is 0.243 e. The van der Waals surface area contributed by atoms with Crippen molar-refractivity contribution in [3.05, 3.63) is 51.2 Å². The summed E-state index contributed by atoms with van der Waals surface area (Å²) in [7, 11) is 0. The molecule has 1 aromatic heterocycles. The molecule has 0 N–H and O–H groups in total. The van der Waals surface area contributed by atoms with Crippen LogP contribution in [0, 0.1) is 29.0 Å². The smallest absolute Gasteiger partial charge is 0.141 e. The van der Waals surface area contributed by atoms with Gasteiger partial charge in [0.15, 0.2) is 0 Å². The highest BCUT2D eigenvalue weighted by molar-refractivity contribution is 7.09. The van der Waals surface area contributed by atoms with E-state index in [9.17, 15) is 8.78 Å². The molecule has 2 aromatic rings. The molecule has 2 nitrogen and oxygen atoms in total. The molecule has 1 aromatic carbocycles. The van der Waals surface area contributed by atoms with Crippen LogP contribution in [0.4, 0.5) is 8.78 Å². The molecule has 0 radical (unpaired) electrons. The Balaban J connectivity index is 2.29. The molecular formula is C13H6F2N2S. The first-order valence-electron chi connectivity index (χ1n) is 4.94. The van der Waals surface area contributed by atoms with Crippen LogP contribution in [-0.2, 0) is 6.67 Å². The van der Waals surface area contributed by atoms with Crippen LogP contribution < -0.4 is 0 Å². The summed E-state index contributed by atoms with van der Waals surface area (Å²) >= 11 is 1.18. The van der Waals surface area contributed by atoms with E-state index in [0.717, 1.165) is 6.07 Å². The van der Waals surface area contributed by atoms with Crippen molar-refractivity contribution in [3.63, 3.8) is 0 Å². The summed E-state index contributed by atoms with van der Waals surface area (Å²) in [6.45, 7) is -0.620. The van der Waals surface area contributed by atoms with Crippen molar-refractivity contribution in [2.24, 2.45) is 0 Å². The number of halogens is 2. The SMILES string of the molecule is N#Cc1cc([18F])cc(C#Cc2csc(CF)n2)c1. The molecule has 0 aliphatic heterocycles. The second-order valence-electron chi connectivity index (χ2n) is 3.35. The van der Waals surface area contributed by atoms with Gasteiger partial charge in [-0.05, 0) is 24.1 Å². The van der Waals surface area contributed by atoms with Crippen molar-refractivity contribution >= 4 is 11.3 Å². The summed E-state index contributed by atoms with van der Waals surface area (Å²) in [5.74, 6) is 4.88. The van der Waals surface area contributed by atoms with Crippen LogP contribution in [0.2, 0.25) is 0 Å². The lowest BCUT2D eigenvalue weighted by molar-refractivity contribution is 0.483. The zero-order valence-corrected chi connectivity index (χ0v) is 9.89. The molecule has 18 heavy (non-hydrogen) atoms. The molecule has 0 atom stereocenters. The average molecular weight is 259 g/mol. The first-order valence-corrected chi connectivity index (χ1v) is 5.82. The van der Waals surface area contributed by atoms with Gasteiger partial charge in [0, 0.05) is 10.9 Å². The minimum atomic E-state index is -0.620. The van der Waals surface area contributed by atoms with Gasteiger partial charge in [-0.1, -0.05) is 5.92 Å². The third-order valence-corrected chi connectivity index (χ3v) is 2.84. The molecule has 0 aliphatic carbocycles. The first kappa shape index (κ1) is 12.2. The number of aromatic nitrogens is 1. The van der Waals surface area contributed by atoms with Gasteiger partial charge < -0.3 is 0 Å². The second-order valence-corrected chi connectivity index (χ2v) is 4.29. The lowest BCUT2D eigenvalue weighted by atomic mass is 10.1. The summed E-state index contributed by atoms with van der Waals surface area (Å²) in [6, 6.07) is 5.70. The van der Waals surface area contributed by atoms with Gasteiger partial charge in [0.1, 0.15) is 23.2 Å². The molecule has 0 aliphatic rings. The van der Waals surface area contributed by atoms with Crippen LogP contribution in [-0.4, -0.2) is 4.98 Å². The monoisotopic (exact) mass is 259 g/mol. The average Bonchev–Trinajstić information content (AvgIpc) is 2.83. The normalized spacial score (nSPS) is 9.39. The highest BCUT2D eigenvalue weighted by atomic mass is 32.1. The Morgan fingerprint density at radius 2 is 2.00 bits per heavy atom. The van der Waals surface area contributed by atoms with Crippen LogP contribution in [0.1, 0.15) is 21.8 Å². The van der Waals surface area contributed by atoms with Crippen LogP contribution in [0.25, 0.3) is 0 Å². The summed E-state index contributed by atoms with van der Waals surface area (Å²) in [4.78, 5) is 3.92. The highest BCUT2D eigenvalue weighted by Crippen LogP contribution is 2.11. The van der Waals surface area contributed by atoms with E-state index in [-0.39, 0.29) is 5.56 Å². The van der Waals surface area contributed by atoms with E-state index in [4.69, 9.17) is 5.26 Å². The van der Waals surface area contributed by atoms with Gasteiger partial charge in [-0.3, -0.25) is 0 Å². The van der Waals surface area contributed by atoms with Crippen molar-refractivity contribution in [1.82, 2.24) is 4.98 Å². The standard InChI is InChI=1S/C13H6F2N2S/c14-6-13-17-12(8-18-13)2-1-9-3-10(7-16)5-11(15)4-9/h3-5,8H,6H2/i15-1. The minimum absolute atomic E-state index is 0.210. The molecule has 0 bridgehead atoms. The molecule has 0 saturated carbocycles. The summed E-state index contributed by atoms with van der Waals surface area (Å²) < 4.78 is 25.4. The summed E-state index contributed by atoms with van der Waals surface area (Å²) in [5.41, 5.74) is 1.04. The third kappa shape index (κ3) is 2.91. The Morgan fingerprint density at radius 3 is 2.67 bits per heavy atom. The van der Waals surface area contributed by atoms with Crippen LogP contribution in [0.15, 0.2) is 23.6 Å². The fourth-order valence-corrected chi connectivity index (χ4v) is 1.87. The van der Waals surface area contributed by atoms with Crippen LogP contribution >= 0.6 is 11.3 Å². The maximum absolute atomic E-state index is 13.1. The van der Waals surface area contributed by atoms with E-state index in [0.29, 0.717) is 16.3 Å². The molecule has 2 rings (SSSR count). The fourth-order valence-electron chi connectivity index (χ4n) is 1.29. The Bertz CT molecular complexity index is 674. The number of nitriles is 1. The zero-order valence-electron chi connectivity index (χ0n) is 9.08. The summed E-state index contributed by atoms with van der Waals surface area (Å²) in [6.07, 6.45) is 0. The van der Waals surface area contributed by atoms with Gasteiger partial charge in [0.05, 0.1) is 11.6 Å². The van der Waals surface area contributed by atoms with Crippen LogP contribution in [0.3, 0.4) is 0 Å². The molecule has 0 spiro atoms. The molecule has 0 unspecified atom stereocenters. The van der Waals surface area contributed by atoms with Crippen LogP contribution in [0.5, 0.6) is 0 Å². The number of benzene rings is 1. The summed E-state index contributed by atoms with van der Waals surface area (Å²) in [5, 5.41) is 10.7. The van der Waals surface area contributed by atoms with Gasteiger partial charge >= 0.3 is 0 Å². The van der Waals surface area contributed by atoms with E-state index in [1.165, 1.54) is 23.5 Å². The topological polar surface area (TPSA) is 36.7 Å². The van der Waals surface area contributed by atoms with Crippen molar-refractivity contribution < 1.29 is 8.78 Å². The fraction of sp³-hybridized carbons (Fsp3) is 0.0769. The number of thiazole rings is 1. The molecule has 5 heteroatoms. The minimum Gasteiger partial charge on any atom is -0.243 e. The van der Waals surface area contributed by atoms with Gasteiger partial charge in [-0.25, -0.2) is 13.8 Å². The third-order valence-electron chi connectivity index (χ3n) is 2.03. The van der Waals surface area contributed by atoms with Crippen molar-refractivity contribution in [1.29, 1.82) is 5.26 Å². The van der Waals surface area contributed by atoms with E-state index in [1.54, 1.807) is 5.38 Å². The van der Waals surface area contributed by atoms with Gasteiger partial charge in [0.2, 0.25) is 0 Å². The van der Waals surface area contributed by atoms with E-state index in [2.05, 4.69) is 16.8 Å². The number of hydrogen-bond acceptors (Lipinski definition) is 3. The lowest BCUT2D eigenvalue weighted by Crippen LogP contribution is -1.83. The maximum Gasteiger partial charge on any atom is 0.141 e. The van der Waals surface area contributed by atoms with Crippen molar-refractivity contribution in [2.45, 2.75) is 6.67 Å². The molecule has 0 amide bonds. The molecule has 0 saturated heterocycles. The molecular weight excluding hydrogens is 253 g/mol. The zero-order chi connectivity index (χ0) is 13.0. The number of hydrogen-bond donors (Lipinski definition) is 0. The maximum atomic E-state index is 13.1. The van der Waals surface area contributed by atoms with E-state index in [1.807, 2.05) is 6.07 Å². The van der Waals surface area contributed by atoms with Crippen molar-refractivity contribution in [3.8, 4) is 17.9 Å². The van der Waals surface area contributed by atoms with Gasteiger partial charge in [-0.15, -0.1) is 11.3 Å². The Labute approximate surface area is 107 Å². The highest BCUT2D eigenvalue weighted by Gasteiger charge is 1.99. The Morgan fingerprint density at radius 1 is 1.22 bits per heavy atom. The molecule has 88 valence electrons. The number of alkyl halides is 1. The Kier molecular flexibility index (Phi) is 3.66. The molecule has 1 heterocycles. The Hall–Kier alpha value is -2.24. The second kappa shape index (κ2) is 5.39. The van der Waals surface area contributed by atoms with Gasteiger partial charge in [0.25, 0.3) is 0 Å². The molecule has 0 fully saturated rings. The predicted molar refractivity (Wildman–Crippen MR) is 64.0 cm³/mol. The number of rotatable bonds is 1. The quantitative estimate of drug-likeness (QED) is 0.738. The van der Waals surface area contributed by atoms with Gasteiger partial charge in [-0.2, -0.15) is 5.26 Å². The lowest BCUT2D eigenvalue weighted by Gasteiger charge is -1.92. The van der Waals surface area contributed by atoms with E-state index < -0.39 is 12.5 Å².